The lowest BCUT2D eigenvalue weighted by molar-refractivity contribution is -0.128. The Morgan fingerprint density at radius 1 is 1.36 bits per heavy atom. The molecule has 0 aliphatic heterocycles. The molecule has 2 aromatic heterocycles. The van der Waals surface area contributed by atoms with E-state index in [4.69, 9.17) is 0 Å². The van der Waals surface area contributed by atoms with Crippen molar-refractivity contribution in [3.8, 4) is 0 Å². The molecular weight excluding hydrogens is 300 g/mol. The second-order valence-electron chi connectivity index (χ2n) is 5.20. The van der Waals surface area contributed by atoms with E-state index >= 15 is 0 Å². The number of hydrogen-bond acceptors (Lipinski definition) is 4. The van der Waals surface area contributed by atoms with Gasteiger partial charge in [-0.2, -0.15) is 0 Å². The van der Waals surface area contributed by atoms with Crippen LogP contribution in [0, 0.1) is 6.92 Å². The maximum atomic E-state index is 12.2. The van der Waals surface area contributed by atoms with Crippen molar-refractivity contribution in [2.75, 3.05) is 18.8 Å². The van der Waals surface area contributed by atoms with Crippen LogP contribution in [0.5, 0.6) is 0 Å². The van der Waals surface area contributed by atoms with Gasteiger partial charge in [-0.1, -0.05) is 25.1 Å². The van der Waals surface area contributed by atoms with Crippen molar-refractivity contribution in [3.05, 3.63) is 22.1 Å². The molecule has 6 nitrogen and oxygen atoms in total. The molecule has 2 aromatic rings. The lowest BCUT2D eigenvalue weighted by Crippen LogP contribution is -2.33. The standard InChI is InChI=1S/C15H22N4O2S/c1-4-6-7-19(5-2)12(20)9-22-15-17-11-8-10(3)16-13(11)14(21)18-15/h8,16H,4-7,9H2,1-3H3,(H,17,18,21). The maximum Gasteiger partial charge on any atom is 0.275 e. The van der Waals surface area contributed by atoms with E-state index in [-0.39, 0.29) is 17.2 Å². The minimum absolute atomic E-state index is 0.0777. The average molecular weight is 322 g/mol. The van der Waals surface area contributed by atoms with Gasteiger partial charge >= 0.3 is 0 Å². The Kier molecular flexibility index (Phi) is 5.65. The minimum Gasteiger partial charge on any atom is -0.353 e. The highest BCUT2D eigenvalue weighted by Crippen LogP contribution is 2.16. The number of aryl methyl sites for hydroxylation is 1. The zero-order chi connectivity index (χ0) is 16.1. The lowest BCUT2D eigenvalue weighted by atomic mass is 10.3. The summed E-state index contributed by atoms with van der Waals surface area (Å²) in [7, 11) is 0. The number of nitrogens with zero attached hydrogens (tertiary/aromatic N) is 2. The summed E-state index contributed by atoms with van der Waals surface area (Å²) in [5, 5.41) is 0.483. The van der Waals surface area contributed by atoms with Gasteiger partial charge in [-0.05, 0) is 26.3 Å². The molecule has 2 heterocycles. The van der Waals surface area contributed by atoms with Crippen LogP contribution in [0.3, 0.4) is 0 Å². The lowest BCUT2D eigenvalue weighted by Gasteiger charge is -2.20. The first kappa shape index (κ1) is 16.6. The molecule has 2 N–H and O–H groups in total. The van der Waals surface area contributed by atoms with Crippen molar-refractivity contribution in [2.24, 2.45) is 0 Å². The topological polar surface area (TPSA) is 81.8 Å². The van der Waals surface area contributed by atoms with Crippen LogP contribution in [0.4, 0.5) is 0 Å². The Bertz CT molecular complexity index is 707. The number of carbonyl (C=O) groups is 1. The molecule has 0 atom stereocenters. The number of aromatic nitrogens is 3. The van der Waals surface area contributed by atoms with Crippen molar-refractivity contribution in [3.63, 3.8) is 0 Å². The third-order valence-corrected chi connectivity index (χ3v) is 4.31. The molecule has 0 radical (unpaired) electrons. The average Bonchev–Trinajstić information content (AvgIpc) is 2.87. The van der Waals surface area contributed by atoms with E-state index in [1.54, 1.807) is 0 Å². The molecule has 0 bridgehead atoms. The Hall–Kier alpha value is -1.76. The van der Waals surface area contributed by atoms with Crippen LogP contribution in [0.2, 0.25) is 0 Å². The van der Waals surface area contributed by atoms with Crippen LogP contribution in [-0.4, -0.2) is 44.6 Å². The van der Waals surface area contributed by atoms with E-state index in [1.165, 1.54) is 11.8 Å². The van der Waals surface area contributed by atoms with Gasteiger partial charge in [-0.3, -0.25) is 14.6 Å². The second-order valence-corrected chi connectivity index (χ2v) is 6.16. The van der Waals surface area contributed by atoms with Crippen LogP contribution >= 0.6 is 11.8 Å². The Balaban J connectivity index is 2.04. The van der Waals surface area contributed by atoms with Gasteiger partial charge in [0.1, 0.15) is 5.52 Å². The minimum atomic E-state index is -0.202. The van der Waals surface area contributed by atoms with E-state index in [0.29, 0.717) is 22.7 Å². The molecule has 0 aliphatic rings. The summed E-state index contributed by atoms with van der Waals surface area (Å²) in [6, 6.07) is 1.83. The molecule has 1 amide bonds. The summed E-state index contributed by atoms with van der Waals surface area (Å²) >= 11 is 1.27. The van der Waals surface area contributed by atoms with Crippen LogP contribution < -0.4 is 5.56 Å². The smallest absolute Gasteiger partial charge is 0.275 e. The number of amides is 1. The highest BCUT2D eigenvalue weighted by atomic mass is 32.2. The molecule has 0 spiro atoms. The summed E-state index contributed by atoms with van der Waals surface area (Å²) in [4.78, 5) is 36.1. The van der Waals surface area contributed by atoms with Crippen LogP contribution in [0.15, 0.2) is 16.0 Å². The Morgan fingerprint density at radius 3 is 2.82 bits per heavy atom. The van der Waals surface area contributed by atoms with E-state index in [2.05, 4.69) is 21.9 Å². The number of nitrogens with one attached hydrogen (secondary N) is 2. The van der Waals surface area contributed by atoms with Gasteiger partial charge in [0.05, 0.1) is 11.3 Å². The maximum absolute atomic E-state index is 12.2. The van der Waals surface area contributed by atoms with Gasteiger partial charge in [-0.25, -0.2) is 4.98 Å². The molecule has 0 saturated carbocycles. The quantitative estimate of drug-likeness (QED) is 0.605. The molecule has 2 rings (SSSR count). The zero-order valence-electron chi connectivity index (χ0n) is 13.2. The van der Waals surface area contributed by atoms with Crippen LogP contribution in [0.25, 0.3) is 11.0 Å². The van der Waals surface area contributed by atoms with Crippen LogP contribution in [0.1, 0.15) is 32.4 Å². The molecule has 7 heteroatoms. The van der Waals surface area contributed by atoms with E-state index in [1.807, 2.05) is 24.8 Å². The van der Waals surface area contributed by atoms with Gasteiger partial charge in [0.25, 0.3) is 5.56 Å². The molecule has 0 saturated heterocycles. The highest BCUT2D eigenvalue weighted by molar-refractivity contribution is 7.99. The molecule has 0 aromatic carbocycles. The summed E-state index contributed by atoms with van der Waals surface area (Å²) in [5.74, 6) is 0.365. The summed E-state index contributed by atoms with van der Waals surface area (Å²) < 4.78 is 0. The van der Waals surface area contributed by atoms with Crippen LogP contribution in [-0.2, 0) is 4.79 Å². The first-order valence-corrected chi connectivity index (χ1v) is 8.54. The molecule has 22 heavy (non-hydrogen) atoms. The summed E-state index contributed by atoms with van der Waals surface area (Å²) in [5.41, 5.74) is 1.80. The van der Waals surface area contributed by atoms with E-state index in [0.717, 1.165) is 25.1 Å². The van der Waals surface area contributed by atoms with Crippen molar-refractivity contribution >= 4 is 28.7 Å². The number of thioether (sulfide) groups is 1. The monoisotopic (exact) mass is 322 g/mol. The van der Waals surface area contributed by atoms with Crippen molar-refractivity contribution in [1.29, 1.82) is 0 Å². The van der Waals surface area contributed by atoms with Crippen molar-refractivity contribution in [1.82, 2.24) is 19.9 Å². The van der Waals surface area contributed by atoms with Crippen molar-refractivity contribution in [2.45, 2.75) is 38.8 Å². The number of H-pyrrole nitrogens is 2. The molecular formula is C15H22N4O2S. The van der Waals surface area contributed by atoms with Crippen molar-refractivity contribution < 1.29 is 4.79 Å². The Morgan fingerprint density at radius 2 is 2.14 bits per heavy atom. The van der Waals surface area contributed by atoms with Gasteiger partial charge in [0.2, 0.25) is 5.91 Å². The summed E-state index contributed by atoms with van der Waals surface area (Å²) in [6.07, 6.45) is 2.07. The molecule has 0 fully saturated rings. The first-order valence-electron chi connectivity index (χ1n) is 7.55. The SMILES string of the molecule is CCCCN(CC)C(=O)CSc1nc2cc(C)[nH]c2c(=O)[nH]1. The predicted octanol–water partition coefficient (Wildman–Crippen LogP) is 2.30. The highest BCUT2D eigenvalue weighted by Gasteiger charge is 2.13. The first-order chi connectivity index (χ1) is 10.5. The summed E-state index contributed by atoms with van der Waals surface area (Å²) in [6.45, 7) is 7.46. The number of fused-ring (bicyclic) bond motifs is 1. The number of hydrogen-bond donors (Lipinski definition) is 2. The normalized spacial score (nSPS) is 11.0. The Labute approximate surface area is 133 Å². The predicted molar refractivity (Wildman–Crippen MR) is 89.3 cm³/mol. The number of unbranched alkanes of at least 4 members (excludes halogenated alkanes) is 1. The van der Waals surface area contributed by atoms with E-state index in [9.17, 15) is 9.59 Å². The molecule has 120 valence electrons. The third kappa shape index (κ3) is 3.91. The fraction of sp³-hybridized carbons (Fsp3) is 0.533. The van der Waals surface area contributed by atoms with Gasteiger partial charge in [0.15, 0.2) is 5.16 Å². The van der Waals surface area contributed by atoms with E-state index < -0.39 is 0 Å². The van der Waals surface area contributed by atoms with Gasteiger partial charge in [-0.15, -0.1) is 0 Å². The fourth-order valence-corrected chi connectivity index (χ4v) is 3.00. The molecule has 0 unspecified atom stereocenters. The molecule has 0 aliphatic carbocycles. The van der Waals surface area contributed by atoms with Gasteiger partial charge in [0, 0.05) is 18.8 Å². The third-order valence-electron chi connectivity index (χ3n) is 3.45. The number of aromatic amines is 2. The second kappa shape index (κ2) is 7.49. The number of carbonyl (C=O) groups excluding carboxylic acids is 1. The fourth-order valence-electron chi connectivity index (χ4n) is 2.23. The van der Waals surface area contributed by atoms with Gasteiger partial charge < -0.3 is 9.88 Å². The zero-order valence-corrected chi connectivity index (χ0v) is 14.0. The largest absolute Gasteiger partial charge is 0.353 e. The number of rotatable bonds is 7.